The summed E-state index contributed by atoms with van der Waals surface area (Å²) in [6, 6.07) is 5.05. The Balaban J connectivity index is 1.75. The molecule has 0 N–H and O–H groups in total. The number of nitrogens with zero attached hydrogens (tertiary/aromatic N) is 4. The Hall–Kier alpha value is -1.46. The lowest BCUT2D eigenvalue weighted by molar-refractivity contribution is 0.178. The molecule has 23 heavy (non-hydrogen) atoms. The largest absolute Gasteiger partial charge is 0.381 e. The Labute approximate surface area is 137 Å². The topological polar surface area (TPSA) is 43.2 Å². The van der Waals surface area contributed by atoms with Crippen molar-refractivity contribution < 1.29 is 4.74 Å². The van der Waals surface area contributed by atoms with Gasteiger partial charge in [0.2, 0.25) is 0 Å². The molecule has 5 nitrogen and oxygen atoms in total. The molecule has 0 amide bonds. The number of fused-ring (bicyclic) bond motifs is 1. The van der Waals surface area contributed by atoms with Crippen LogP contribution >= 0.6 is 0 Å². The van der Waals surface area contributed by atoms with Crippen molar-refractivity contribution in [1.29, 1.82) is 0 Å². The zero-order chi connectivity index (χ0) is 15.8. The molecular weight excluding hydrogens is 288 g/mol. The summed E-state index contributed by atoms with van der Waals surface area (Å²) in [5, 5.41) is 0. The fourth-order valence-electron chi connectivity index (χ4n) is 4.08. The second-order valence-electron chi connectivity index (χ2n) is 7.15. The molecular formula is C18H26N4O. The van der Waals surface area contributed by atoms with Gasteiger partial charge in [0, 0.05) is 31.3 Å². The summed E-state index contributed by atoms with van der Waals surface area (Å²) < 4.78 is 7.95. The summed E-state index contributed by atoms with van der Waals surface area (Å²) in [5.74, 6) is 1.79. The van der Waals surface area contributed by atoms with Gasteiger partial charge in [-0.05, 0) is 51.8 Å². The average Bonchev–Trinajstić information content (AvgIpc) is 3.26. The zero-order valence-electron chi connectivity index (χ0n) is 14.1. The standard InChI is InChI=1S/C18H26N4O/c1-13(2)21-9-4-6-16(21)18-20-15-5-3-8-19-17(15)22(18)11-14-7-10-23-12-14/h3,5,8,13-14,16H,4,6-7,9-12H2,1-2H3. The quantitative estimate of drug-likeness (QED) is 0.870. The van der Waals surface area contributed by atoms with Gasteiger partial charge in [-0.25, -0.2) is 9.97 Å². The van der Waals surface area contributed by atoms with Crippen LogP contribution in [0.5, 0.6) is 0 Å². The molecule has 2 fully saturated rings. The van der Waals surface area contributed by atoms with Crippen LogP contribution in [0.1, 0.15) is 45.0 Å². The van der Waals surface area contributed by atoms with Crippen LogP contribution in [0.15, 0.2) is 18.3 Å². The van der Waals surface area contributed by atoms with Crippen LogP contribution in [-0.2, 0) is 11.3 Å². The van der Waals surface area contributed by atoms with Crippen molar-refractivity contribution >= 4 is 11.2 Å². The molecule has 5 heteroatoms. The zero-order valence-corrected chi connectivity index (χ0v) is 14.1. The van der Waals surface area contributed by atoms with Crippen molar-refractivity contribution in [2.45, 2.75) is 51.7 Å². The van der Waals surface area contributed by atoms with Crippen molar-refractivity contribution in [2.75, 3.05) is 19.8 Å². The Kier molecular flexibility index (Phi) is 4.07. The lowest BCUT2D eigenvalue weighted by Gasteiger charge is -2.28. The second-order valence-corrected chi connectivity index (χ2v) is 7.15. The molecule has 2 aliphatic heterocycles. The molecule has 0 radical (unpaired) electrons. The van der Waals surface area contributed by atoms with Crippen LogP contribution in [0, 0.1) is 5.92 Å². The Bertz CT molecular complexity index is 675. The van der Waals surface area contributed by atoms with Crippen molar-refractivity contribution in [3.05, 3.63) is 24.2 Å². The SMILES string of the molecule is CC(C)N1CCCC1c1nc2cccnc2n1CC1CCOC1. The lowest BCUT2D eigenvalue weighted by atomic mass is 10.1. The van der Waals surface area contributed by atoms with Crippen molar-refractivity contribution in [2.24, 2.45) is 5.92 Å². The Morgan fingerprint density at radius 3 is 3.04 bits per heavy atom. The van der Waals surface area contributed by atoms with Crippen molar-refractivity contribution in [1.82, 2.24) is 19.4 Å². The van der Waals surface area contributed by atoms with Gasteiger partial charge in [-0.2, -0.15) is 0 Å². The molecule has 0 aliphatic carbocycles. The molecule has 2 saturated heterocycles. The molecule has 2 aromatic heterocycles. The second kappa shape index (κ2) is 6.21. The van der Waals surface area contributed by atoms with Crippen LogP contribution in [0.25, 0.3) is 11.2 Å². The van der Waals surface area contributed by atoms with E-state index in [0.717, 1.165) is 37.3 Å². The van der Waals surface area contributed by atoms with Gasteiger partial charge in [0.05, 0.1) is 12.6 Å². The fourth-order valence-corrected chi connectivity index (χ4v) is 4.08. The minimum Gasteiger partial charge on any atom is -0.381 e. The first kappa shape index (κ1) is 15.1. The van der Waals surface area contributed by atoms with E-state index in [2.05, 4.69) is 34.4 Å². The van der Waals surface area contributed by atoms with E-state index in [1.807, 2.05) is 12.3 Å². The highest BCUT2D eigenvalue weighted by Crippen LogP contribution is 2.35. The third-order valence-corrected chi connectivity index (χ3v) is 5.25. The average molecular weight is 314 g/mol. The predicted molar refractivity (Wildman–Crippen MR) is 90.3 cm³/mol. The number of aromatic nitrogens is 3. The van der Waals surface area contributed by atoms with Crippen molar-refractivity contribution in [3.63, 3.8) is 0 Å². The summed E-state index contributed by atoms with van der Waals surface area (Å²) in [6.07, 6.45) is 5.48. The molecule has 4 rings (SSSR count). The first-order chi connectivity index (χ1) is 11.2. The molecule has 2 aliphatic rings. The highest BCUT2D eigenvalue weighted by Gasteiger charge is 2.33. The third-order valence-electron chi connectivity index (χ3n) is 5.25. The van der Waals surface area contributed by atoms with Gasteiger partial charge in [0.15, 0.2) is 5.65 Å². The number of rotatable bonds is 4. The third kappa shape index (κ3) is 2.76. The van der Waals surface area contributed by atoms with E-state index < -0.39 is 0 Å². The highest BCUT2D eigenvalue weighted by molar-refractivity contribution is 5.71. The summed E-state index contributed by atoms with van der Waals surface area (Å²) in [7, 11) is 0. The minimum absolute atomic E-state index is 0.423. The Morgan fingerprint density at radius 2 is 2.26 bits per heavy atom. The van der Waals surface area contributed by atoms with E-state index in [4.69, 9.17) is 9.72 Å². The van der Waals surface area contributed by atoms with Crippen LogP contribution in [0.2, 0.25) is 0 Å². The maximum absolute atomic E-state index is 5.58. The van der Waals surface area contributed by atoms with Gasteiger partial charge in [-0.15, -0.1) is 0 Å². The van der Waals surface area contributed by atoms with E-state index in [1.54, 1.807) is 0 Å². The molecule has 2 atom stereocenters. The molecule has 0 spiro atoms. The maximum Gasteiger partial charge on any atom is 0.160 e. The van der Waals surface area contributed by atoms with Gasteiger partial charge in [-0.3, -0.25) is 4.90 Å². The van der Waals surface area contributed by atoms with Gasteiger partial charge < -0.3 is 9.30 Å². The van der Waals surface area contributed by atoms with E-state index in [0.29, 0.717) is 18.0 Å². The first-order valence-corrected chi connectivity index (χ1v) is 8.88. The van der Waals surface area contributed by atoms with E-state index in [9.17, 15) is 0 Å². The summed E-state index contributed by atoms with van der Waals surface area (Å²) in [6.45, 7) is 8.48. The number of ether oxygens (including phenoxy) is 1. The Morgan fingerprint density at radius 1 is 1.35 bits per heavy atom. The van der Waals surface area contributed by atoms with Crippen LogP contribution in [0.4, 0.5) is 0 Å². The van der Waals surface area contributed by atoms with Gasteiger partial charge in [0.25, 0.3) is 0 Å². The number of imidazole rings is 1. The van der Waals surface area contributed by atoms with Gasteiger partial charge in [0.1, 0.15) is 11.3 Å². The van der Waals surface area contributed by atoms with E-state index in [-0.39, 0.29) is 0 Å². The molecule has 0 aromatic carbocycles. The van der Waals surface area contributed by atoms with Crippen LogP contribution < -0.4 is 0 Å². The van der Waals surface area contributed by atoms with Crippen LogP contribution in [0.3, 0.4) is 0 Å². The van der Waals surface area contributed by atoms with Gasteiger partial charge >= 0.3 is 0 Å². The normalized spacial score (nSPS) is 25.9. The number of pyridine rings is 1. The number of hydrogen-bond acceptors (Lipinski definition) is 4. The smallest absolute Gasteiger partial charge is 0.160 e. The molecule has 2 aromatic rings. The molecule has 0 saturated carbocycles. The van der Waals surface area contributed by atoms with Crippen LogP contribution in [-0.4, -0.2) is 45.2 Å². The molecule has 124 valence electrons. The number of likely N-dealkylation sites (tertiary alicyclic amines) is 1. The molecule has 4 heterocycles. The van der Waals surface area contributed by atoms with E-state index >= 15 is 0 Å². The maximum atomic E-state index is 5.58. The molecule has 0 bridgehead atoms. The first-order valence-electron chi connectivity index (χ1n) is 8.88. The minimum atomic E-state index is 0.423. The highest BCUT2D eigenvalue weighted by atomic mass is 16.5. The lowest BCUT2D eigenvalue weighted by Crippen LogP contribution is -2.32. The number of hydrogen-bond donors (Lipinski definition) is 0. The predicted octanol–water partition coefficient (Wildman–Crippen LogP) is 3.01. The van der Waals surface area contributed by atoms with E-state index in [1.165, 1.54) is 25.2 Å². The van der Waals surface area contributed by atoms with Crippen molar-refractivity contribution in [3.8, 4) is 0 Å². The monoisotopic (exact) mass is 314 g/mol. The summed E-state index contributed by atoms with van der Waals surface area (Å²) in [5.41, 5.74) is 2.06. The summed E-state index contributed by atoms with van der Waals surface area (Å²) >= 11 is 0. The summed E-state index contributed by atoms with van der Waals surface area (Å²) in [4.78, 5) is 12.2. The van der Waals surface area contributed by atoms with Gasteiger partial charge in [-0.1, -0.05) is 0 Å². The fraction of sp³-hybridized carbons (Fsp3) is 0.667. The molecule has 2 unspecified atom stereocenters.